The van der Waals surface area contributed by atoms with Crippen LogP contribution in [0, 0.1) is 5.92 Å². The van der Waals surface area contributed by atoms with Gasteiger partial charge in [0.2, 0.25) is 0 Å². The molecule has 2 unspecified atom stereocenters. The van der Waals surface area contributed by atoms with Crippen LogP contribution in [0.25, 0.3) is 0 Å². The van der Waals surface area contributed by atoms with E-state index in [1.807, 2.05) is 16.9 Å². The minimum absolute atomic E-state index is 0.0392. The topological polar surface area (TPSA) is 88.4 Å². The van der Waals surface area contributed by atoms with Crippen LogP contribution in [0.15, 0.2) is 23.5 Å². The molecule has 0 aliphatic carbocycles. The highest BCUT2D eigenvalue weighted by Crippen LogP contribution is 2.10. The van der Waals surface area contributed by atoms with Crippen molar-refractivity contribution in [2.24, 2.45) is 10.9 Å². The van der Waals surface area contributed by atoms with Gasteiger partial charge in [-0.3, -0.25) is 9.67 Å². The minimum atomic E-state index is -2.87. The number of aliphatic imine (C=N–C) groups is 1. The predicted molar refractivity (Wildman–Crippen MR) is 82.9 cm³/mol. The Morgan fingerprint density at radius 2 is 2.38 bits per heavy atom. The Bertz CT molecular complexity index is 567. The Labute approximate surface area is 125 Å². The largest absolute Gasteiger partial charge is 0.356 e. The molecule has 21 heavy (non-hydrogen) atoms. The quantitative estimate of drug-likeness (QED) is 0.584. The van der Waals surface area contributed by atoms with Gasteiger partial charge >= 0.3 is 0 Å². The van der Waals surface area contributed by atoms with Crippen LogP contribution in [-0.2, 0) is 16.4 Å². The molecule has 7 nitrogen and oxygen atoms in total. The van der Waals surface area contributed by atoms with Crippen molar-refractivity contribution in [1.82, 2.24) is 20.4 Å². The third kappa shape index (κ3) is 5.04. The van der Waals surface area contributed by atoms with Crippen LogP contribution in [0.3, 0.4) is 0 Å². The smallest absolute Gasteiger partial charge is 0.191 e. The van der Waals surface area contributed by atoms with Gasteiger partial charge in [0.15, 0.2) is 15.8 Å². The van der Waals surface area contributed by atoms with Crippen LogP contribution in [-0.4, -0.2) is 55.3 Å². The zero-order valence-electron chi connectivity index (χ0n) is 12.5. The van der Waals surface area contributed by atoms with Gasteiger partial charge in [-0.1, -0.05) is 6.92 Å². The zero-order chi connectivity index (χ0) is 15.3. The van der Waals surface area contributed by atoms with Gasteiger partial charge in [-0.25, -0.2) is 8.42 Å². The molecule has 2 heterocycles. The lowest BCUT2D eigenvalue weighted by molar-refractivity contribution is 0.442. The molecule has 0 radical (unpaired) electrons. The van der Waals surface area contributed by atoms with Gasteiger partial charge in [0.25, 0.3) is 0 Å². The number of sulfone groups is 1. The molecule has 8 heteroatoms. The molecule has 0 bridgehead atoms. The van der Waals surface area contributed by atoms with Crippen LogP contribution in [0.5, 0.6) is 0 Å². The first-order chi connectivity index (χ1) is 9.98. The number of nitrogens with one attached hydrogen (secondary N) is 2. The van der Waals surface area contributed by atoms with Crippen molar-refractivity contribution in [3.63, 3.8) is 0 Å². The molecule has 1 aliphatic heterocycles. The van der Waals surface area contributed by atoms with Gasteiger partial charge in [0, 0.05) is 38.6 Å². The highest BCUT2D eigenvalue weighted by molar-refractivity contribution is 7.91. The lowest BCUT2D eigenvalue weighted by Crippen LogP contribution is -2.45. The summed E-state index contributed by atoms with van der Waals surface area (Å²) >= 11 is 0. The number of aromatic nitrogens is 2. The van der Waals surface area contributed by atoms with Crippen molar-refractivity contribution in [2.45, 2.75) is 25.9 Å². The molecule has 2 rings (SSSR count). The molecule has 0 spiro atoms. The molecule has 2 N–H and O–H groups in total. The van der Waals surface area contributed by atoms with Gasteiger partial charge in [0.05, 0.1) is 11.5 Å². The van der Waals surface area contributed by atoms with E-state index in [9.17, 15) is 8.42 Å². The lowest BCUT2D eigenvalue weighted by Gasteiger charge is -2.18. The molecule has 1 fully saturated rings. The standard InChI is InChI=1S/C13H23N5O2S/c1-11(9-18-6-3-5-16-18)8-15-13(14-2)17-12-4-7-21(19,20)10-12/h3,5-6,11-12H,4,7-10H2,1-2H3,(H2,14,15,17). The summed E-state index contributed by atoms with van der Waals surface area (Å²) in [6, 6.07) is 1.86. The van der Waals surface area contributed by atoms with Crippen LogP contribution >= 0.6 is 0 Å². The molecule has 0 saturated carbocycles. The van der Waals surface area contributed by atoms with E-state index in [1.54, 1.807) is 13.2 Å². The van der Waals surface area contributed by atoms with Gasteiger partial charge in [-0.05, 0) is 18.4 Å². The Hall–Kier alpha value is -1.57. The second kappa shape index (κ2) is 6.93. The number of rotatable bonds is 5. The van der Waals surface area contributed by atoms with Gasteiger partial charge in [-0.2, -0.15) is 5.10 Å². The average Bonchev–Trinajstić information content (AvgIpc) is 3.04. The lowest BCUT2D eigenvalue weighted by atomic mass is 10.2. The predicted octanol–water partition coefficient (Wildman–Crippen LogP) is -0.129. The van der Waals surface area contributed by atoms with Crippen molar-refractivity contribution in [3.05, 3.63) is 18.5 Å². The second-order valence-corrected chi connectivity index (χ2v) is 7.76. The Morgan fingerprint density at radius 1 is 1.57 bits per heavy atom. The van der Waals surface area contributed by atoms with E-state index in [0.29, 0.717) is 18.3 Å². The first kappa shape index (κ1) is 15.8. The summed E-state index contributed by atoms with van der Waals surface area (Å²) in [5, 5.41) is 10.6. The third-order valence-electron chi connectivity index (χ3n) is 3.47. The molecular formula is C13H23N5O2S. The summed E-state index contributed by atoms with van der Waals surface area (Å²) in [7, 11) is -1.18. The molecule has 1 aliphatic rings. The molecule has 1 saturated heterocycles. The highest BCUT2D eigenvalue weighted by atomic mass is 32.2. The first-order valence-corrected chi connectivity index (χ1v) is 8.95. The van der Waals surface area contributed by atoms with Gasteiger partial charge in [-0.15, -0.1) is 0 Å². The van der Waals surface area contributed by atoms with Gasteiger partial charge < -0.3 is 10.6 Å². The maximum atomic E-state index is 11.4. The Morgan fingerprint density at radius 3 is 2.95 bits per heavy atom. The normalized spacial score (nSPS) is 23.0. The maximum Gasteiger partial charge on any atom is 0.191 e. The monoisotopic (exact) mass is 313 g/mol. The Balaban J connectivity index is 1.75. The van der Waals surface area contributed by atoms with Crippen molar-refractivity contribution in [1.29, 1.82) is 0 Å². The molecule has 2 atom stereocenters. The molecular weight excluding hydrogens is 290 g/mol. The van der Waals surface area contributed by atoms with Gasteiger partial charge in [0.1, 0.15) is 0 Å². The fourth-order valence-corrected chi connectivity index (χ4v) is 4.03. The van der Waals surface area contributed by atoms with E-state index < -0.39 is 9.84 Å². The summed E-state index contributed by atoms with van der Waals surface area (Å²) in [5.41, 5.74) is 0. The fraction of sp³-hybridized carbons (Fsp3) is 0.692. The fourth-order valence-electron chi connectivity index (χ4n) is 2.36. The van der Waals surface area contributed by atoms with Crippen molar-refractivity contribution < 1.29 is 8.42 Å². The first-order valence-electron chi connectivity index (χ1n) is 7.13. The average molecular weight is 313 g/mol. The minimum Gasteiger partial charge on any atom is -0.356 e. The van der Waals surface area contributed by atoms with Crippen molar-refractivity contribution >= 4 is 15.8 Å². The number of guanidine groups is 1. The van der Waals surface area contributed by atoms with Crippen LogP contribution < -0.4 is 10.6 Å². The summed E-state index contributed by atoms with van der Waals surface area (Å²) in [6.45, 7) is 3.70. The summed E-state index contributed by atoms with van der Waals surface area (Å²) in [6.07, 6.45) is 4.35. The van der Waals surface area contributed by atoms with E-state index in [-0.39, 0.29) is 17.5 Å². The molecule has 0 amide bonds. The van der Waals surface area contributed by atoms with Crippen LogP contribution in [0.2, 0.25) is 0 Å². The van der Waals surface area contributed by atoms with Crippen LogP contribution in [0.4, 0.5) is 0 Å². The van der Waals surface area contributed by atoms with Crippen molar-refractivity contribution in [2.75, 3.05) is 25.1 Å². The summed E-state index contributed by atoms with van der Waals surface area (Å²) in [4.78, 5) is 4.15. The number of hydrogen-bond acceptors (Lipinski definition) is 4. The van der Waals surface area contributed by atoms with E-state index >= 15 is 0 Å². The summed E-state index contributed by atoms with van der Waals surface area (Å²) in [5.74, 6) is 1.49. The van der Waals surface area contributed by atoms with E-state index in [1.165, 1.54) is 0 Å². The molecule has 1 aromatic heterocycles. The maximum absolute atomic E-state index is 11.4. The van der Waals surface area contributed by atoms with E-state index in [0.717, 1.165) is 13.1 Å². The van der Waals surface area contributed by atoms with Crippen molar-refractivity contribution in [3.8, 4) is 0 Å². The molecule has 118 valence electrons. The second-order valence-electron chi connectivity index (χ2n) is 5.53. The number of nitrogens with zero attached hydrogens (tertiary/aromatic N) is 3. The number of hydrogen-bond donors (Lipinski definition) is 2. The Kier molecular flexibility index (Phi) is 5.22. The third-order valence-corrected chi connectivity index (χ3v) is 5.24. The molecule has 0 aromatic carbocycles. The van der Waals surface area contributed by atoms with Crippen LogP contribution in [0.1, 0.15) is 13.3 Å². The molecule has 1 aromatic rings. The van der Waals surface area contributed by atoms with E-state index in [4.69, 9.17) is 0 Å². The SMILES string of the molecule is CN=C(NCC(C)Cn1cccn1)NC1CCS(=O)(=O)C1. The zero-order valence-corrected chi connectivity index (χ0v) is 13.3. The highest BCUT2D eigenvalue weighted by Gasteiger charge is 2.28. The summed E-state index contributed by atoms with van der Waals surface area (Å²) < 4.78 is 24.8. The van der Waals surface area contributed by atoms with E-state index in [2.05, 4.69) is 27.6 Å².